The van der Waals surface area contributed by atoms with Gasteiger partial charge in [-0.2, -0.15) is 5.10 Å². The maximum absolute atomic E-state index is 13.9. The van der Waals surface area contributed by atoms with Crippen LogP contribution in [-0.2, 0) is 17.8 Å². The quantitative estimate of drug-likeness (QED) is 0.285. The van der Waals surface area contributed by atoms with Gasteiger partial charge < -0.3 is 20.3 Å². The van der Waals surface area contributed by atoms with E-state index >= 15 is 0 Å². The van der Waals surface area contributed by atoms with Gasteiger partial charge in [-0.15, -0.1) is 0 Å². The van der Waals surface area contributed by atoms with Crippen molar-refractivity contribution in [1.29, 1.82) is 0 Å². The standard InChI is InChI=1S/C34H36F2N6O3/c1-19(2)13-27-32(33(37)44)31(24-16-38-42(34(24)39-27)23-9-11-40(12-10-23)22-5-6-22)21-4-8-28-29(15-21)45-18-30(43)41(28)17-20-3-7-25(35)26(36)14-20/h3-4,7-8,14-16,19,22-23H,5-6,9-13,17-18H2,1-2H3,(H2,37,44). The van der Waals surface area contributed by atoms with Crippen LogP contribution >= 0.6 is 0 Å². The van der Waals surface area contributed by atoms with Crippen molar-refractivity contribution >= 4 is 28.5 Å². The highest BCUT2D eigenvalue weighted by molar-refractivity contribution is 6.09. The van der Waals surface area contributed by atoms with E-state index in [1.54, 1.807) is 18.3 Å². The number of halogens is 2. The number of nitrogens with two attached hydrogens (primary N) is 1. The first-order valence-electron chi connectivity index (χ1n) is 15.6. The van der Waals surface area contributed by atoms with E-state index in [0.717, 1.165) is 55.1 Å². The van der Waals surface area contributed by atoms with E-state index < -0.39 is 17.5 Å². The Kier molecular flexibility index (Phi) is 7.51. The van der Waals surface area contributed by atoms with Gasteiger partial charge in [0.1, 0.15) is 5.75 Å². The molecule has 7 rings (SSSR count). The Labute approximate surface area is 260 Å². The van der Waals surface area contributed by atoms with Crippen molar-refractivity contribution in [3.63, 3.8) is 0 Å². The topological polar surface area (TPSA) is 107 Å². The van der Waals surface area contributed by atoms with Crippen molar-refractivity contribution in [3.8, 4) is 16.9 Å². The number of carbonyl (C=O) groups excluding carboxylic acids is 2. The van der Waals surface area contributed by atoms with Crippen LogP contribution in [0.15, 0.2) is 42.6 Å². The molecule has 2 aromatic carbocycles. The molecule has 11 heteroatoms. The summed E-state index contributed by atoms with van der Waals surface area (Å²) in [6.07, 6.45) is 6.87. The third-order valence-electron chi connectivity index (χ3n) is 9.09. The Morgan fingerprint density at radius 1 is 1.04 bits per heavy atom. The summed E-state index contributed by atoms with van der Waals surface area (Å²) in [6, 6.07) is 9.89. The number of benzene rings is 2. The summed E-state index contributed by atoms with van der Waals surface area (Å²) in [5.41, 5.74) is 10.0. The molecule has 3 aliphatic rings. The van der Waals surface area contributed by atoms with E-state index in [4.69, 9.17) is 20.6 Å². The molecule has 0 radical (unpaired) electrons. The monoisotopic (exact) mass is 614 g/mol. The fourth-order valence-corrected chi connectivity index (χ4v) is 6.76. The highest BCUT2D eigenvalue weighted by Gasteiger charge is 2.34. The molecule has 234 valence electrons. The lowest BCUT2D eigenvalue weighted by atomic mass is 9.92. The Morgan fingerprint density at radius 3 is 2.51 bits per heavy atom. The number of likely N-dealkylation sites (tertiary alicyclic amines) is 1. The molecule has 1 saturated heterocycles. The number of amides is 2. The highest BCUT2D eigenvalue weighted by atomic mass is 19.2. The number of ether oxygens (including phenoxy) is 1. The largest absolute Gasteiger partial charge is 0.482 e. The third kappa shape index (κ3) is 5.54. The van der Waals surface area contributed by atoms with Crippen LogP contribution in [0, 0.1) is 17.6 Å². The number of primary amides is 1. The van der Waals surface area contributed by atoms with Crippen LogP contribution in [0.1, 0.15) is 67.2 Å². The minimum atomic E-state index is -0.976. The predicted molar refractivity (Wildman–Crippen MR) is 166 cm³/mol. The predicted octanol–water partition coefficient (Wildman–Crippen LogP) is 5.40. The number of anilines is 1. The van der Waals surface area contributed by atoms with E-state index in [-0.39, 0.29) is 31.0 Å². The zero-order chi connectivity index (χ0) is 31.4. The highest BCUT2D eigenvalue weighted by Crippen LogP contribution is 2.42. The van der Waals surface area contributed by atoms with Crippen LogP contribution in [0.4, 0.5) is 14.5 Å². The molecule has 0 unspecified atom stereocenters. The van der Waals surface area contributed by atoms with Gasteiger partial charge in [-0.25, -0.2) is 18.4 Å². The summed E-state index contributed by atoms with van der Waals surface area (Å²) in [6.45, 7) is 6.04. The van der Waals surface area contributed by atoms with E-state index in [2.05, 4.69) is 18.7 Å². The minimum Gasteiger partial charge on any atom is -0.482 e. The summed E-state index contributed by atoms with van der Waals surface area (Å²) < 4.78 is 35.3. The fourth-order valence-electron chi connectivity index (χ4n) is 6.76. The van der Waals surface area contributed by atoms with Gasteiger partial charge >= 0.3 is 0 Å². The van der Waals surface area contributed by atoms with Crippen molar-refractivity contribution in [1.82, 2.24) is 19.7 Å². The second kappa shape index (κ2) is 11.5. The maximum atomic E-state index is 13.9. The first kappa shape index (κ1) is 29.3. The van der Waals surface area contributed by atoms with Crippen LogP contribution in [-0.4, -0.2) is 57.2 Å². The van der Waals surface area contributed by atoms with Gasteiger partial charge in [0.2, 0.25) is 0 Å². The molecule has 2 amide bonds. The molecule has 9 nitrogen and oxygen atoms in total. The van der Waals surface area contributed by atoms with E-state index in [1.807, 2.05) is 10.7 Å². The Hall–Kier alpha value is -4.38. The lowest BCUT2D eigenvalue weighted by Gasteiger charge is -2.32. The summed E-state index contributed by atoms with van der Waals surface area (Å²) in [4.78, 5) is 35.1. The number of aromatic nitrogens is 3. The van der Waals surface area contributed by atoms with Crippen molar-refractivity contribution in [2.45, 2.75) is 64.6 Å². The molecule has 0 spiro atoms. The average molecular weight is 615 g/mol. The molecule has 4 heterocycles. The van der Waals surface area contributed by atoms with Crippen LogP contribution in [0.3, 0.4) is 0 Å². The average Bonchev–Trinajstić information content (AvgIpc) is 3.78. The summed E-state index contributed by atoms with van der Waals surface area (Å²) in [5, 5.41) is 5.55. The smallest absolute Gasteiger partial charge is 0.265 e. The Balaban J connectivity index is 1.31. The maximum Gasteiger partial charge on any atom is 0.265 e. The Morgan fingerprint density at radius 2 is 1.82 bits per heavy atom. The van der Waals surface area contributed by atoms with E-state index in [1.165, 1.54) is 23.8 Å². The van der Waals surface area contributed by atoms with Gasteiger partial charge in [0.25, 0.3) is 11.8 Å². The molecular weight excluding hydrogens is 578 g/mol. The van der Waals surface area contributed by atoms with Crippen molar-refractivity contribution in [3.05, 3.63) is 71.1 Å². The van der Waals surface area contributed by atoms with Crippen LogP contribution in [0.5, 0.6) is 5.75 Å². The van der Waals surface area contributed by atoms with Crippen LogP contribution in [0.25, 0.3) is 22.2 Å². The van der Waals surface area contributed by atoms with E-state index in [9.17, 15) is 18.4 Å². The number of rotatable bonds is 8. The molecule has 1 aliphatic carbocycles. The van der Waals surface area contributed by atoms with Gasteiger partial charge in [0.15, 0.2) is 23.9 Å². The third-order valence-corrected chi connectivity index (χ3v) is 9.09. The lowest BCUT2D eigenvalue weighted by Crippen LogP contribution is -2.38. The zero-order valence-electron chi connectivity index (χ0n) is 25.4. The molecule has 0 atom stereocenters. The molecule has 2 aliphatic heterocycles. The minimum absolute atomic E-state index is 0.0443. The van der Waals surface area contributed by atoms with Crippen LogP contribution in [0.2, 0.25) is 0 Å². The number of pyridine rings is 1. The second-order valence-electron chi connectivity index (χ2n) is 12.8. The fraction of sp³-hybridized carbons (Fsp3) is 0.412. The van der Waals surface area contributed by atoms with Crippen molar-refractivity contribution < 1.29 is 23.1 Å². The lowest BCUT2D eigenvalue weighted by molar-refractivity contribution is -0.121. The van der Waals surface area contributed by atoms with Crippen molar-refractivity contribution in [2.24, 2.45) is 11.7 Å². The molecule has 2 aromatic heterocycles. The van der Waals surface area contributed by atoms with Gasteiger partial charge in [0, 0.05) is 30.1 Å². The number of piperidine rings is 1. The van der Waals surface area contributed by atoms with Crippen LogP contribution < -0.4 is 15.4 Å². The molecular formula is C34H36F2N6O3. The first-order chi connectivity index (χ1) is 21.7. The number of hydrogen-bond donors (Lipinski definition) is 1. The van der Waals surface area contributed by atoms with Gasteiger partial charge in [0.05, 0.1) is 35.7 Å². The first-order valence-corrected chi connectivity index (χ1v) is 15.6. The molecule has 45 heavy (non-hydrogen) atoms. The van der Waals surface area contributed by atoms with Gasteiger partial charge in [-0.05, 0) is 73.4 Å². The molecule has 4 aromatic rings. The second-order valence-corrected chi connectivity index (χ2v) is 12.8. The molecule has 2 fully saturated rings. The van der Waals surface area contributed by atoms with Gasteiger partial charge in [-0.3, -0.25) is 9.59 Å². The molecule has 0 bridgehead atoms. The summed E-state index contributed by atoms with van der Waals surface area (Å²) >= 11 is 0. The molecule has 1 saturated carbocycles. The Bertz CT molecular complexity index is 1810. The number of nitrogens with zero attached hydrogens (tertiary/aromatic N) is 5. The number of fused-ring (bicyclic) bond motifs is 2. The van der Waals surface area contributed by atoms with Crippen molar-refractivity contribution in [2.75, 3.05) is 24.6 Å². The van der Waals surface area contributed by atoms with Gasteiger partial charge in [-0.1, -0.05) is 26.0 Å². The molecule has 2 N–H and O–H groups in total. The summed E-state index contributed by atoms with van der Waals surface area (Å²) in [5.74, 6) is -2.15. The van der Waals surface area contributed by atoms with E-state index in [0.29, 0.717) is 45.8 Å². The zero-order valence-corrected chi connectivity index (χ0v) is 25.4. The SMILES string of the molecule is CC(C)Cc1nc2c(cnn2C2CCN(C3CC3)CC2)c(-c2ccc3c(c2)OCC(=O)N3Cc2ccc(F)c(F)c2)c1C(N)=O. The normalized spacial score (nSPS) is 17.6. The number of carbonyl (C=O) groups is 2. The number of hydrogen-bond acceptors (Lipinski definition) is 6. The summed E-state index contributed by atoms with van der Waals surface area (Å²) in [7, 11) is 0.